The van der Waals surface area contributed by atoms with Crippen molar-refractivity contribution in [3.63, 3.8) is 0 Å². The topological polar surface area (TPSA) is 6.48 Å². The van der Waals surface area contributed by atoms with Crippen molar-refractivity contribution >= 4 is 20.9 Å². The fourth-order valence-electron chi connectivity index (χ4n) is 4.24. The molecule has 34 heavy (non-hydrogen) atoms. The third-order valence-corrected chi connectivity index (χ3v) is 5.84. The van der Waals surface area contributed by atoms with Crippen LogP contribution in [0.2, 0.25) is 0 Å². The Bertz CT molecular complexity index is 779. The molecule has 0 unspecified atom stereocenters. The Labute approximate surface area is 225 Å². The summed E-state index contributed by atoms with van der Waals surface area (Å²) in [6.07, 6.45) is 5.93. The van der Waals surface area contributed by atoms with E-state index in [2.05, 4.69) is 162 Å². The van der Waals surface area contributed by atoms with E-state index in [0.29, 0.717) is 23.7 Å². The molecule has 0 fully saturated rings. The first-order valence-corrected chi connectivity index (χ1v) is 14.0. The average Bonchev–Trinajstić information content (AvgIpc) is 3.29. The summed E-state index contributed by atoms with van der Waals surface area (Å²) in [5.74, 6) is 1.92. The first-order valence-electron chi connectivity index (χ1n) is 12.0. The molecule has 0 atom stereocenters. The van der Waals surface area contributed by atoms with Gasteiger partial charge in [0.15, 0.2) is 0 Å². The zero-order valence-electron chi connectivity index (χ0n) is 22.1. The van der Waals surface area contributed by atoms with Crippen molar-refractivity contribution in [2.45, 2.75) is 79.1 Å². The van der Waals surface area contributed by atoms with Crippen molar-refractivity contribution in [3.05, 3.63) is 98.0 Å². The fourth-order valence-corrected chi connectivity index (χ4v) is 4.24. The van der Waals surface area contributed by atoms with Crippen LogP contribution in [0.1, 0.15) is 101 Å². The van der Waals surface area contributed by atoms with Gasteiger partial charge in [-0.2, -0.15) is 0 Å². The molecule has 3 radical (unpaired) electrons. The third-order valence-electron chi connectivity index (χ3n) is 5.84. The predicted molar refractivity (Wildman–Crippen MR) is 149 cm³/mol. The summed E-state index contributed by atoms with van der Waals surface area (Å²) in [4.78, 5) is 4.65. The van der Waals surface area contributed by atoms with E-state index in [9.17, 15) is 0 Å². The molecule has 3 rings (SSSR count). The van der Waals surface area contributed by atoms with Gasteiger partial charge in [-0.05, 0) is 78.6 Å². The van der Waals surface area contributed by atoms with Gasteiger partial charge >= 0.3 is 27.7 Å². The van der Waals surface area contributed by atoms with Crippen molar-refractivity contribution in [1.82, 2.24) is 0 Å². The van der Waals surface area contributed by atoms with Crippen LogP contribution >= 0.6 is 9.53 Å². The first kappa shape index (κ1) is 30.8. The molecular weight excluding hydrogens is 530 g/mol. The molecule has 0 bridgehead atoms. The van der Waals surface area contributed by atoms with E-state index in [1.54, 1.807) is 0 Å². The second-order valence-electron chi connectivity index (χ2n) is 9.71. The van der Waals surface area contributed by atoms with Crippen molar-refractivity contribution in [2.24, 2.45) is 0 Å². The molecule has 0 saturated carbocycles. The van der Waals surface area contributed by atoms with E-state index in [1.165, 1.54) is 40.0 Å². The summed E-state index contributed by atoms with van der Waals surface area (Å²) in [5.41, 5.74) is 8.29. The number of hydrogen-bond acceptors (Lipinski definition) is 2. The van der Waals surface area contributed by atoms with Crippen molar-refractivity contribution in [1.29, 1.82) is 0 Å². The standard InChI is InChI=1S/C27H37N2.C3H5.ClH.Pd/c1-18(2)22-11-9-12-23(19(3)4)26(22)28-15-16-29(17-28)27-24(20(5)6)13-10-14-25(27)21(7)8;1-3-2;;/h9-21H,1-8H3;3H,1-2H2;1H;/q-1;;;+2/p-1. The summed E-state index contributed by atoms with van der Waals surface area (Å²) in [6.45, 7) is 27.0. The molecule has 1 heterocycles. The average molecular weight is 573 g/mol. The molecule has 2 aromatic rings. The number of para-hydroxylation sites is 2. The first-order chi connectivity index (χ1) is 16.1. The summed E-state index contributed by atoms with van der Waals surface area (Å²) >= 11 is 2.22. The molecule has 0 saturated heterocycles. The second kappa shape index (κ2) is 15.0. The van der Waals surface area contributed by atoms with E-state index in [1.807, 2.05) is 0 Å². The SMILES string of the molecule is CC(C)c1cccc(C(C)C)c1N1C=CN(c2c(C(C)C)cccc2C(C)C)[CH-]1.[CH2][CH][CH2].[Cl][Pd+]. The van der Waals surface area contributed by atoms with Crippen LogP contribution in [0, 0.1) is 26.9 Å². The zero-order valence-corrected chi connectivity index (χ0v) is 24.4. The Balaban J connectivity index is 0.00000107. The molecule has 1 aliphatic heterocycles. The minimum atomic E-state index is 0.480. The van der Waals surface area contributed by atoms with E-state index in [-0.39, 0.29) is 0 Å². The Kier molecular flexibility index (Phi) is 13.6. The number of rotatable bonds is 6. The van der Waals surface area contributed by atoms with Gasteiger partial charge < -0.3 is 9.80 Å². The minimum absolute atomic E-state index is 0.480. The zero-order chi connectivity index (χ0) is 26.0. The molecule has 2 nitrogen and oxygen atoms in total. The molecule has 2 aromatic carbocycles. The van der Waals surface area contributed by atoms with E-state index in [0.717, 1.165) is 0 Å². The number of nitrogens with zero attached hydrogens (tertiary/aromatic N) is 2. The van der Waals surface area contributed by atoms with E-state index in [4.69, 9.17) is 0 Å². The quantitative estimate of drug-likeness (QED) is 0.251. The van der Waals surface area contributed by atoms with Gasteiger partial charge in [0.05, 0.1) is 0 Å². The van der Waals surface area contributed by atoms with Gasteiger partial charge in [0.2, 0.25) is 0 Å². The third kappa shape index (κ3) is 7.61. The van der Waals surface area contributed by atoms with Crippen molar-refractivity contribution in [2.75, 3.05) is 9.80 Å². The maximum atomic E-state index is 4.49. The summed E-state index contributed by atoms with van der Waals surface area (Å²) < 4.78 is 0. The van der Waals surface area contributed by atoms with Gasteiger partial charge in [0, 0.05) is 11.4 Å². The second-order valence-corrected chi connectivity index (χ2v) is 9.71. The van der Waals surface area contributed by atoms with Crippen molar-refractivity contribution < 1.29 is 18.2 Å². The molecular formula is C30H42ClN2Pd. The molecule has 0 aliphatic carbocycles. The van der Waals surface area contributed by atoms with Crippen LogP contribution in [0.15, 0.2) is 48.8 Å². The molecule has 0 amide bonds. The van der Waals surface area contributed by atoms with Gasteiger partial charge in [0.25, 0.3) is 0 Å². The van der Waals surface area contributed by atoms with Gasteiger partial charge in [0.1, 0.15) is 0 Å². The molecule has 189 valence electrons. The molecule has 1 aliphatic rings. The van der Waals surface area contributed by atoms with Gasteiger partial charge in [-0.25, -0.2) is 0 Å². The van der Waals surface area contributed by atoms with E-state index < -0.39 is 0 Å². The number of benzene rings is 2. The van der Waals surface area contributed by atoms with Gasteiger partial charge in [-0.15, -0.1) is 6.67 Å². The Morgan fingerprint density at radius 3 is 1.09 bits per heavy atom. The molecule has 0 aromatic heterocycles. The van der Waals surface area contributed by atoms with Crippen LogP contribution in [0.5, 0.6) is 0 Å². The Hall–Kier alpha value is -1.27. The van der Waals surface area contributed by atoms with Gasteiger partial charge in [-0.1, -0.05) is 91.8 Å². The fraction of sp³-hybridized carbons (Fsp3) is 0.400. The van der Waals surface area contributed by atoms with Gasteiger partial charge in [-0.3, -0.25) is 0 Å². The van der Waals surface area contributed by atoms with Crippen LogP contribution in [-0.4, -0.2) is 0 Å². The molecule has 0 N–H and O–H groups in total. The number of hydrogen-bond donors (Lipinski definition) is 0. The summed E-state index contributed by atoms with van der Waals surface area (Å²) in [5, 5.41) is 0. The van der Waals surface area contributed by atoms with Crippen molar-refractivity contribution in [3.8, 4) is 0 Å². The number of halogens is 1. The van der Waals surface area contributed by atoms with Crippen LogP contribution in [0.4, 0.5) is 11.4 Å². The summed E-state index contributed by atoms with van der Waals surface area (Å²) in [7, 11) is 4.49. The predicted octanol–water partition coefficient (Wildman–Crippen LogP) is 9.64. The van der Waals surface area contributed by atoms with Crippen LogP contribution in [0.25, 0.3) is 0 Å². The number of anilines is 2. The summed E-state index contributed by atoms with van der Waals surface area (Å²) in [6, 6.07) is 13.5. The maximum absolute atomic E-state index is 4.49. The van der Waals surface area contributed by atoms with E-state index >= 15 is 0 Å². The van der Waals surface area contributed by atoms with Crippen LogP contribution < -0.4 is 9.80 Å². The van der Waals surface area contributed by atoms with Crippen LogP contribution in [0.3, 0.4) is 0 Å². The molecule has 0 spiro atoms. The normalized spacial score (nSPS) is 13.0. The van der Waals surface area contributed by atoms with Crippen LogP contribution in [-0.2, 0) is 18.2 Å². The Morgan fingerprint density at radius 1 is 0.647 bits per heavy atom. The Morgan fingerprint density at radius 2 is 0.882 bits per heavy atom. The monoisotopic (exact) mass is 571 g/mol. The molecule has 4 heteroatoms.